The van der Waals surface area contributed by atoms with E-state index in [0.717, 1.165) is 49.1 Å². The molecule has 2 fully saturated rings. The van der Waals surface area contributed by atoms with E-state index in [1.54, 1.807) is 0 Å². The fourth-order valence-electron chi connectivity index (χ4n) is 6.96. The van der Waals surface area contributed by atoms with Crippen LogP contribution in [0.1, 0.15) is 108 Å². The fourth-order valence-corrected chi connectivity index (χ4v) is 8.04. The van der Waals surface area contributed by atoms with Crippen LogP contribution < -0.4 is 10.6 Å². The topological polar surface area (TPSA) is 112 Å². The molecule has 3 aliphatic rings. The molecule has 0 saturated heterocycles. The number of rotatable bonds is 9. The molecule has 4 N–H and O–H groups in total. The molecule has 0 bridgehead atoms. The molecule has 196 valence electrons. The molecule has 0 aliphatic heterocycles. The van der Waals surface area contributed by atoms with Crippen molar-refractivity contribution in [3.8, 4) is 0 Å². The van der Waals surface area contributed by atoms with E-state index in [-0.39, 0.29) is 41.7 Å². The number of amides is 2. The summed E-state index contributed by atoms with van der Waals surface area (Å²) in [7, 11) is 0. The Labute approximate surface area is 213 Å². The lowest BCUT2D eigenvalue weighted by atomic mass is 9.47. The highest BCUT2D eigenvalue weighted by Gasteiger charge is 2.59. The highest BCUT2D eigenvalue weighted by molar-refractivity contribution is 7.15. The number of aliphatic hydroxyl groups excluding tert-OH is 2. The average molecular weight is 506 g/mol. The standard InChI is InChI=1S/C27H43N3O4S/c1-4-5-6-11-22(33)29-25-30-24-18(14-23(34)28-17-9-7-8-10-17)26(2)13-12-21(32)27(3,16-31)20(26)15-19(24)35-25/h17-18,20-21,31-32H,4-16H2,1-3H3,(H,28,34)(H,29,30,33)/t18-,20+,21-,26+,27+/m1/s1. The second-order valence-electron chi connectivity index (χ2n) is 11.6. The van der Waals surface area contributed by atoms with Gasteiger partial charge in [-0.25, -0.2) is 4.98 Å². The van der Waals surface area contributed by atoms with E-state index in [1.807, 2.05) is 6.92 Å². The number of carbonyl (C=O) groups is 2. The average Bonchev–Trinajstić information content (AvgIpc) is 3.47. The molecule has 1 heterocycles. The molecule has 5 atom stereocenters. The minimum Gasteiger partial charge on any atom is -0.396 e. The molecule has 2 amide bonds. The van der Waals surface area contributed by atoms with E-state index < -0.39 is 11.5 Å². The Kier molecular flexibility index (Phi) is 8.23. The van der Waals surface area contributed by atoms with Crippen molar-refractivity contribution >= 4 is 28.3 Å². The van der Waals surface area contributed by atoms with E-state index in [1.165, 1.54) is 24.2 Å². The van der Waals surface area contributed by atoms with Crippen molar-refractivity contribution in [1.82, 2.24) is 10.3 Å². The Morgan fingerprint density at radius 2 is 1.89 bits per heavy atom. The molecule has 1 aromatic heterocycles. The molecule has 8 heteroatoms. The minimum absolute atomic E-state index is 0.0145. The van der Waals surface area contributed by atoms with Gasteiger partial charge in [-0.2, -0.15) is 0 Å². The second-order valence-corrected chi connectivity index (χ2v) is 12.7. The molecule has 2 saturated carbocycles. The van der Waals surface area contributed by atoms with Crippen LogP contribution in [0, 0.1) is 16.7 Å². The summed E-state index contributed by atoms with van der Waals surface area (Å²) in [6, 6.07) is 0.262. The Balaban J connectivity index is 1.62. The van der Waals surface area contributed by atoms with Crippen LogP contribution in [0.4, 0.5) is 5.13 Å². The van der Waals surface area contributed by atoms with Gasteiger partial charge in [0.1, 0.15) is 0 Å². The van der Waals surface area contributed by atoms with Crippen molar-refractivity contribution in [1.29, 1.82) is 0 Å². The molecule has 4 rings (SSSR count). The van der Waals surface area contributed by atoms with E-state index >= 15 is 0 Å². The van der Waals surface area contributed by atoms with Gasteiger partial charge in [0, 0.05) is 35.1 Å². The Hall–Kier alpha value is -1.51. The van der Waals surface area contributed by atoms with Gasteiger partial charge in [0.2, 0.25) is 11.8 Å². The summed E-state index contributed by atoms with van der Waals surface area (Å²) >= 11 is 1.50. The van der Waals surface area contributed by atoms with Gasteiger partial charge in [0.15, 0.2) is 5.13 Å². The van der Waals surface area contributed by atoms with Crippen molar-refractivity contribution in [3.05, 3.63) is 10.6 Å². The third-order valence-corrected chi connectivity index (χ3v) is 10.3. The van der Waals surface area contributed by atoms with Crippen LogP contribution in [0.2, 0.25) is 0 Å². The number of thiazole rings is 1. The number of aromatic nitrogens is 1. The zero-order chi connectivity index (χ0) is 25.2. The van der Waals surface area contributed by atoms with Gasteiger partial charge in [-0.15, -0.1) is 11.3 Å². The number of nitrogens with one attached hydrogen (secondary N) is 2. The Morgan fingerprint density at radius 3 is 2.57 bits per heavy atom. The lowest BCUT2D eigenvalue weighted by Crippen LogP contribution is -2.57. The lowest BCUT2D eigenvalue weighted by molar-refractivity contribution is -0.144. The summed E-state index contributed by atoms with van der Waals surface area (Å²) in [4.78, 5) is 31.7. The number of anilines is 1. The molecule has 3 aliphatic carbocycles. The maximum atomic E-state index is 13.2. The summed E-state index contributed by atoms with van der Waals surface area (Å²) in [5.41, 5.74) is 0.0156. The third-order valence-electron chi connectivity index (χ3n) is 9.26. The van der Waals surface area contributed by atoms with E-state index in [0.29, 0.717) is 30.8 Å². The van der Waals surface area contributed by atoms with E-state index in [2.05, 4.69) is 24.5 Å². The van der Waals surface area contributed by atoms with Gasteiger partial charge >= 0.3 is 0 Å². The van der Waals surface area contributed by atoms with Crippen LogP contribution in [0.3, 0.4) is 0 Å². The smallest absolute Gasteiger partial charge is 0.226 e. The summed E-state index contributed by atoms with van der Waals surface area (Å²) < 4.78 is 0. The Bertz CT molecular complexity index is 914. The van der Waals surface area contributed by atoms with Crippen molar-refractivity contribution in [3.63, 3.8) is 0 Å². The lowest BCUT2D eigenvalue weighted by Gasteiger charge is -2.58. The van der Waals surface area contributed by atoms with Gasteiger partial charge < -0.3 is 20.8 Å². The first-order valence-corrected chi connectivity index (χ1v) is 14.4. The summed E-state index contributed by atoms with van der Waals surface area (Å²) in [5.74, 6) is -0.0453. The van der Waals surface area contributed by atoms with Crippen LogP contribution in [0.5, 0.6) is 0 Å². The minimum atomic E-state index is -0.640. The first-order chi connectivity index (χ1) is 16.7. The number of carbonyl (C=O) groups excluding carboxylic acids is 2. The molecule has 0 unspecified atom stereocenters. The summed E-state index contributed by atoms with van der Waals surface area (Å²) in [6.07, 6.45) is 9.72. The van der Waals surface area contributed by atoms with Crippen molar-refractivity contribution in [2.75, 3.05) is 11.9 Å². The SMILES string of the molecule is CCCCCC(=O)Nc1nc2c(s1)C[C@@H]1[C@](C)(CO)[C@H](O)CC[C@@]1(C)[C@@H]2CC(=O)NC1CCCC1. The Morgan fingerprint density at radius 1 is 1.14 bits per heavy atom. The molecule has 1 aromatic rings. The van der Waals surface area contributed by atoms with E-state index in [4.69, 9.17) is 4.98 Å². The number of fused-ring (bicyclic) bond motifs is 2. The second kappa shape index (κ2) is 10.9. The fraction of sp³-hybridized carbons (Fsp3) is 0.815. The molecule has 0 radical (unpaired) electrons. The van der Waals surface area contributed by atoms with Crippen LogP contribution in [0.15, 0.2) is 0 Å². The molecular weight excluding hydrogens is 462 g/mol. The number of hydrogen-bond acceptors (Lipinski definition) is 6. The van der Waals surface area contributed by atoms with Gasteiger partial charge in [-0.1, -0.05) is 46.5 Å². The van der Waals surface area contributed by atoms with Crippen LogP contribution in [-0.2, 0) is 16.0 Å². The van der Waals surface area contributed by atoms with Crippen LogP contribution in [0.25, 0.3) is 0 Å². The predicted molar refractivity (Wildman–Crippen MR) is 138 cm³/mol. The number of hydrogen-bond donors (Lipinski definition) is 4. The number of aliphatic hydroxyl groups is 2. The van der Waals surface area contributed by atoms with Crippen molar-refractivity contribution < 1.29 is 19.8 Å². The van der Waals surface area contributed by atoms with Crippen molar-refractivity contribution in [2.45, 2.75) is 116 Å². The molecule has 0 aromatic carbocycles. The summed E-state index contributed by atoms with van der Waals surface area (Å²) in [5, 5.41) is 28.2. The third kappa shape index (κ3) is 5.30. The largest absolute Gasteiger partial charge is 0.396 e. The first-order valence-electron chi connectivity index (χ1n) is 13.6. The van der Waals surface area contributed by atoms with Gasteiger partial charge in [-0.05, 0) is 49.9 Å². The molecule has 35 heavy (non-hydrogen) atoms. The molecule has 7 nitrogen and oxygen atoms in total. The maximum Gasteiger partial charge on any atom is 0.226 e. The van der Waals surface area contributed by atoms with Crippen molar-refractivity contribution in [2.24, 2.45) is 16.7 Å². The predicted octanol–water partition coefficient (Wildman–Crippen LogP) is 4.53. The normalized spacial score (nSPS) is 32.7. The highest BCUT2D eigenvalue weighted by atomic mass is 32.1. The molecule has 0 spiro atoms. The highest BCUT2D eigenvalue weighted by Crippen LogP contribution is 2.62. The maximum absolute atomic E-state index is 13.2. The van der Waals surface area contributed by atoms with Crippen LogP contribution in [-0.4, -0.2) is 45.8 Å². The molecular formula is C27H43N3O4S. The zero-order valence-corrected chi connectivity index (χ0v) is 22.4. The quantitative estimate of drug-likeness (QED) is 0.369. The van der Waals surface area contributed by atoms with Gasteiger partial charge in [-0.3, -0.25) is 9.59 Å². The monoisotopic (exact) mass is 505 g/mol. The number of nitrogens with zero attached hydrogens (tertiary/aromatic N) is 1. The summed E-state index contributed by atoms with van der Waals surface area (Å²) in [6.45, 7) is 6.23. The zero-order valence-electron chi connectivity index (χ0n) is 21.6. The van der Waals surface area contributed by atoms with Gasteiger partial charge in [0.05, 0.1) is 18.4 Å². The number of unbranched alkanes of at least 4 members (excludes halogenated alkanes) is 2. The van der Waals surface area contributed by atoms with E-state index in [9.17, 15) is 19.8 Å². The van der Waals surface area contributed by atoms with Gasteiger partial charge in [0.25, 0.3) is 0 Å². The van der Waals surface area contributed by atoms with Crippen LogP contribution >= 0.6 is 11.3 Å². The first kappa shape index (κ1) is 26.6.